The number of halogens is 1. The molecule has 0 spiro atoms. The summed E-state index contributed by atoms with van der Waals surface area (Å²) in [5, 5.41) is 3.23. The number of carbonyl (C=O) groups excluding carboxylic acids is 1. The van der Waals surface area contributed by atoms with E-state index in [4.69, 9.17) is 0 Å². The number of hydrogen-bond donors (Lipinski definition) is 1. The van der Waals surface area contributed by atoms with Gasteiger partial charge in [0.25, 0.3) is 0 Å². The van der Waals surface area contributed by atoms with E-state index in [1.807, 2.05) is 12.2 Å². The second-order valence-electron chi connectivity index (χ2n) is 3.98. The van der Waals surface area contributed by atoms with Crippen LogP contribution in [0.4, 0.5) is 4.39 Å². The molecule has 1 atom stereocenters. The van der Waals surface area contributed by atoms with Crippen LogP contribution in [0, 0.1) is 5.92 Å². The Hall–Kier alpha value is -1.64. The molecule has 1 unspecified atom stereocenters. The fraction of sp³-hybridized carbons (Fsp3) is 0.250. The minimum absolute atomic E-state index is 0.136. The van der Waals surface area contributed by atoms with E-state index in [2.05, 4.69) is 5.32 Å². The molecule has 1 aliphatic heterocycles. The molecule has 76 valence electrons. The Bertz CT molecular complexity index is 468. The van der Waals surface area contributed by atoms with E-state index in [-0.39, 0.29) is 11.7 Å². The molecule has 3 aliphatic rings. The average Bonchev–Trinajstić information content (AvgIpc) is 2.54. The predicted molar refractivity (Wildman–Crippen MR) is 54.6 cm³/mol. The van der Waals surface area contributed by atoms with E-state index in [1.54, 1.807) is 0 Å². The molecule has 2 nitrogen and oxygen atoms in total. The van der Waals surface area contributed by atoms with Crippen LogP contribution >= 0.6 is 0 Å². The smallest absolute Gasteiger partial charge is 0.170 e. The Balaban J connectivity index is 2.07. The van der Waals surface area contributed by atoms with Gasteiger partial charge >= 0.3 is 0 Å². The second kappa shape index (κ2) is 2.92. The van der Waals surface area contributed by atoms with Gasteiger partial charge in [-0.05, 0) is 17.2 Å². The molecule has 2 aliphatic carbocycles. The van der Waals surface area contributed by atoms with Crippen LogP contribution < -0.4 is 5.32 Å². The molecule has 0 saturated heterocycles. The van der Waals surface area contributed by atoms with Crippen LogP contribution in [0.15, 0.2) is 47.0 Å². The number of hydrogen-bond acceptors (Lipinski definition) is 2. The maximum atomic E-state index is 13.1. The van der Waals surface area contributed by atoms with Crippen molar-refractivity contribution in [3.63, 3.8) is 0 Å². The summed E-state index contributed by atoms with van der Waals surface area (Å²) in [5.74, 6) is -0.790. The van der Waals surface area contributed by atoms with Gasteiger partial charge in [-0.3, -0.25) is 4.79 Å². The van der Waals surface area contributed by atoms with Crippen molar-refractivity contribution in [3.05, 3.63) is 47.0 Å². The van der Waals surface area contributed by atoms with Crippen LogP contribution in [0.2, 0.25) is 0 Å². The van der Waals surface area contributed by atoms with Crippen LogP contribution in [0.1, 0.15) is 6.42 Å². The Morgan fingerprint density at radius 3 is 3.13 bits per heavy atom. The standard InChI is InChI=1S/C12H10FNO/c13-8-4-7-5-10-9(2-1-3-14-10)12(7)11(15)6-8/h1-2,4,6,12,14H,3,5H2. The normalized spacial score (nSPS) is 28.1. The van der Waals surface area contributed by atoms with Crippen molar-refractivity contribution in [1.82, 2.24) is 5.32 Å². The van der Waals surface area contributed by atoms with Crippen molar-refractivity contribution in [2.45, 2.75) is 6.42 Å². The molecule has 0 radical (unpaired) electrons. The second-order valence-corrected chi connectivity index (χ2v) is 3.98. The number of dihydropyridines is 1. The summed E-state index contributed by atoms with van der Waals surface area (Å²) in [5.41, 5.74) is 2.97. The largest absolute Gasteiger partial charge is 0.384 e. The number of fused-ring (bicyclic) bond motifs is 2. The molecule has 1 N–H and O–H groups in total. The first-order valence-corrected chi connectivity index (χ1v) is 5.00. The van der Waals surface area contributed by atoms with Gasteiger partial charge in [-0.1, -0.05) is 12.2 Å². The molecule has 0 aromatic carbocycles. The minimum atomic E-state index is -0.421. The molecular formula is C12H10FNO. The molecule has 15 heavy (non-hydrogen) atoms. The SMILES string of the molecule is O=C1C=C(F)C=C2CC3=C(C=CCN3)C12. The fourth-order valence-corrected chi connectivity index (χ4v) is 2.42. The lowest BCUT2D eigenvalue weighted by atomic mass is 9.88. The third kappa shape index (κ3) is 1.19. The van der Waals surface area contributed by atoms with E-state index in [0.29, 0.717) is 6.42 Å². The maximum Gasteiger partial charge on any atom is 0.170 e. The van der Waals surface area contributed by atoms with E-state index in [0.717, 1.165) is 29.5 Å². The molecule has 3 heteroatoms. The van der Waals surface area contributed by atoms with E-state index in [9.17, 15) is 9.18 Å². The summed E-state index contributed by atoms with van der Waals surface area (Å²) in [4.78, 5) is 11.7. The molecule has 0 amide bonds. The first kappa shape index (κ1) is 8.65. The minimum Gasteiger partial charge on any atom is -0.384 e. The van der Waals surface area contributed by atoms with Crippen LogP contribution in [0.3, 0.4) is 0 Å². The summed E-state index contributed by atoms with van der Waals surface area (Å²) in [6.45, 7) is 0.795. The van der Waals surface area contributed by atoms with Crippen molar-refractivity contribution < 1.29 is 9.18 Å². The zero-order valence-corrected chi connectivity index (χ0v) is 8.09. The van der Waals surface area contributed by atoms with E-state index >= 15 is 0 Å². The third-order valence-electron chi connectivity index (χ3n) is 3.03. The lowest BCUT2D eigenvalue weighted by Gasteiger charge is -2.16. The van der Waals surface area contributed by atoms with Crippen LogP contribution in [0.5, 0.6) is 0 Å². The Kier molecular flexibility index (Phi) is 1.69. The maximum absolute atomic E-state index is 13.1. The van der Waals surface area contributed by atoms with Crippen molar-refractivity contribution in [2.24, 2.45) is 5.92 Å². The van der Waals surface area contributed by atoms with Gasteiger partial charge in [-0.2, -0.15) is 0 Å². The van der Waals surface area contributed by atoms with Gasteiger partial charge in [0.05, 0.1) is 5.92 Å². The molecule has 3 rings (SSSR count). The summed E-state index contributed by atoms with van der Waals surface area (Å²) in [7, 11) is 0. The summed E-state index contributed by atoms with van der Waals surface area (Å²) < 4.78 is 13.1. The molecule has 1 heterocycles. The molecule has 0 aromatic rings. The summed E-state index contributed by atoms with van der Waals surface area (Å²) in [6, 6.07) is 0. The fourth-order valence-electron chi connectivity index (χ4n) is 2.42. The highest BCUT2D eigenvalue weighted by molar-refractivity contribution is 5.99. The number of rotatable bonds is 0. The van der Waals surface area contributed by atoms with E-state index in [1.165, 1.54) is 6.08 Å². The third-order valence-corrected chi connectivity index (χ3v) is 3.03. The highest BCUT2D eigenvalue weighted by atomic mass is 19.1. The van der Waals surface area contributed by atoms with Gasteiger partial charge in [0.15, 0.2) is 5.78 Å². The highest BCUT2D eigenvalue weighted by Gasteiger charge is 2.36. The van der Waals surface area contributed by atoms with Crippen molar-refractivity contribution in [1.29, 1.82) is 0 Å². The van der Waals surface area contributed by atoms with Crippen molar-refractivity contribution in [2.75, 3.05) is 6.54 Å². The molecule has 0 fully saturated rings. The summed E-state index contributed by atoms with van der Waals surface area (Å²) in [6.07, 6.45) is 7.22. The zero-order valence-electron chi connectivity index (χ0n) is 8.09. The van der Waals surface area contributed by atoms with Crippen LogP contribution in [0.25, 0.3) is 0 Å². The Morgan fingerprint density at radius 1 is 1.40 bits per heavy atom. The number of ketones is 1. The molecule has 0 saturated carbocycles. The first-order chi connectivity index (χ1) is 7.25. The van der Waals surface area contributed by atoms with Crippen molar-refractivity contribution in [3.8, 4) is 0 Å². The monoisotopic (exact) mass is 203 g/mol. The number of carbonyl (C=O) groups is 1. The van der Waals surface area contributed by atoms with Gasteiger partial charge in [0.1, 0.15) is 5.83 Å². The van der Waals surface area contributed by atoms with Gasteiger partial charge in [-0.15, -0.1) is 0 Å². The van der Waals surface area contributed by atoms with Gasteiger partial charge in [-0.25, -0.2) is 4.39 Å². The van der Waals surface area contributed by atoms with Gasteiger partial charge in [0, 0.05) is 24.7 Å². The Labute approximate surface area is 86.9 Å². The topological polar surface area (TPSA) is 29.1 Å². The lowest BCUT2D eigenvalue weighted by molar-refractivity contribution is -0.116. The molecule has 0 bridgehead atoms. The molecule has 0 aromatic heterocycles. The van der Waals surface area contributed by atoms with Gasteiger partial charge < -0.3 is 5.32 Å². The highest BCUT2D eigenvalue weighted by Crippen LogP contribution is 2.41. The number of allylic oxidation sites excluding steroid dienone is 6. The van der Waals surface area contributed by atoms with Gasteiger partial charge in [0.2, 0.25) is 0 Å². The predicted octanol–water partition coefficient (Wildman–Crippen LogP) is 1.78. The van der Waals surface area contributed by atoms with Crippen molar-refractivity contribution >= 4 is 5.78 Å². The quantitative estimate of drug-likeness (QED) is 0.650. The average molecular weight is 203 g/mol. The first-order valence-electron chi connectivity index (χ1n) is 5.00. The zero-order chi connectivity index (χ0) is 10.4. The van der Waals surface area contributed by atoms with Crippen LogP contribution in [-0.2, 0) is 4.79 Å². The Morgan fingerprint density at radius 2 is 2.27 bits per heavy atom. The molecular weight excluding hydrogens is 193 g/mol. The lowest BCUT2D eigenvalue weighted by Crippen LogP contribution is -2.19. The van der Waals surface area contributed by atoms with E-state index < -0.39 is 5.83 Å². The number of nitrogens with one attached hydrogen (secondary N) is 1. The summed E-state index contributed by atoms with van der Waals surface area (Å²) >= 11 is 0. The van der Waals surface area contributed by atoms with Crippen LogP contribution in [-0.4, -0.2) is 12.3 Å².